The Morgan fingerprint density at radius 1 is 1.12 bits per heavy atom. The number of hydrogen-bond donors (Lipinski definition) is 2. The van der Waals surface area contributed by atoms with Crippen LogP contribution in [0.2, 0.25) is 5.02 Å². The highest BCUT2D eigenvalue weighted by atomic mass is 35.5. The zero-order chi connectivity index (χ0) is 17.8. The Kier molecular flexibility index (Phi) is 4.90. The Morgan fingerprint density at radius 3 is 2.68 bits per heavy atom. The van der Waals surface area contributed by atoms with Crippen LogP contribution in [-0.2, 0) is 4.79 Å². The minimum Gasteiger partial charge on any atom is -0.484 e. The Labute approximate surface area is 148 Å². The molecule has 0 bridgehead atoms. The number of fused-ring (bicyclic) bond motifs is 1. The topological polar surface area (TPSA) is 80.6 Å². The van der Waals surface area contributed by atoms with Gasteiger partial charge in [-0.1, -0.05) is 29.8 Å². The van der Waals surface area contributed by atoms with E-state index < -0.39 is 11.8 Å². The van der Waals surface area contributed by atoms with Crippen molar-refractivity contribution in [3.05, 3.63) is 64.9 Å². The summed E-state index contributed by atoms with van der Waals surface area (Å²) in [6.07, 6.45) is 0. The molecule has 7 heteroatoms. The van der Waals surface area contributed by atoms with Crippen molar-refractivity contribution in [2.24, 2.45) is 0 Å². The van der Waals surface area contributed by atoms with E-state index in [0.717, 1.165) is 10.9 Å². The second kappa shape index (κ2) is 7.27. The van der Waals surface area contributed by atoms with Crippen LogP contribution in [0.5, 0.6) is 5.75 Å². The van der Waals surface area contributed by atoms with E-state index in [1.807, 2.05) is 25.1 Å². The summed E-state index contributed by atoms with van der Waals surface area (Å²) in [5.74, 6) is -0.430. The highest BCUT2D eigenvalue weighted by Gasteiger charge is 2.13. The van der Waals surface area contributed by atoms with Gasteiger partial charge in [0.2, 0.25) is 0 Å². The summed E-state index contributed by atoms with van der Waals surface area (Å²) in [6, 6.07) is 13.9. The molecule has 0 saturated heterocycles. The molecule has 0 spiro atoms. The van der Waals surface area contributed by atoms with Gasteiger partial charge in [-0.3, -0.25) is 20.4 Å². The SMILES string of the molecule is Cc1cc(OCC(=O)NNC(=O)c2cc3ccccc3o2)ccc1Cl. The number of carbonyl (C=O) groups is 2. The van der Waals surface area contributed by atoms with E-state index in [0.29, 0.717) is 16.4 Å². The van der Waals surface area contributed by atoms with Gasteiger partial charge < -0.3 is 9.15 Å². The zero-order valence-electron chi connectivity index (χ0n) is 13.3. The van der Waals surface area contributed by atoms with Crippen LogP contribution >= 0.6 is 11.6 Å². The molecular weight excluding hydrogens is 344 g/mol. The third-order valence-corrected chi connectivity index (χ3v) is 3.89. The Bertz CT molecular complexity index is 903. The third-order valence-electron chi connectivity index (χ3n) is 3.46. The highest BCUT2D eigenvalue weighted by molar-refractivity contribution is 6.31. The van der Waals surface area contributed by atoms with Gasteiger partial charge in [0.25, 0.3) is 5.91 Å². The predicted molar refractivity (Wildman–Crippen MR) is 93.5 cm³/mol. The largest absolute Gasteiger partial charge is 0.484 e. The Balaban J connectivity index is 1.51. The first-order valence-corrected chi connectivity index (χ1v) is 7.87. The molecule has 0 saturated carbocycles. The molecule has 0 radical (unpaired) electrons. The molecule has 0 aliphatic carbocycles. The van der Waals surface area contributed by atoms with Crippen molar-refractivity contribution in [1.29, 1.82) is 0 Å². The van der Waals surface area contributed by atoms with Crippen molar-refractivity contribution >= 4 is 34.4 Å². The number of halogens is 1. The number of ether oxygens (including phenoxy) is 1. The molecule has 0 atom stereocenters. The second-order valence-corrected chi connectivity index (χ2v) is 5.76. The summed E-state index contributed by atoms with van der Waals surface area (Å²) < 4.78 is 10.8. The zero-order valence-corrected chi connectivity index (χ0v) is 14.1. The van der Waals surface area contributed by atoms with Crippen LogP contribution in [0.4, 0.5) is 0 Å². The highest BCUT2D eigenvalue weighted by Crippen LogP contribution is 2.21. The molecule has 128 valence electrons. The molecule has 3 aromatic rings. The fourth-order valence-corrected chi connectivity index (χ4v) is 2.29. The molecule has 0 aliphatic heterocycles. The summed E-state index contributed by atoms with van der Waals surface area (Å²) >= 11 is 5.92. The standard InChI is InChI=1S/C18H15ClN2O4/c1-11-8-13(6-7-14(11)19)24-10-17(22)20-21-18(23)16-9-12-4-2-3-5-15(12)25-16/h2-9H,10H2,1H3,(H,20,22)(H,21,23). The van der Waals surface area contributed by atoms with Crippen molar-refractivity contribution in [3.8, 4) is 5.75 Å². The molecule has 0 unspecified atom stereocenters. The lowest BCUT2D eigenvalue weighted by molar-refractivity contribution is -0.123. The van der Waals surface area contributed by atoms with Crippen LogP contribution in [0, 0.1) is 6.92 Å². The fraction of sp³-hybridized carbons (Fsp3) is 0.111. The van der Waals surface area contributed by atoms with Crippen LogP contribution in [-0.4, -0.2) is 18.4 Å². The van der Waals surface area contributed by atoms with Gasteiger partial charge in [0.05, 0.1) is 0 Å². The first-order valence-electron chi connectivity index (χ1n) is 7.49. The number of hydrogen-bond acceptors (Lipinski definition) is 4. The van der Waals surface area contributed by atoms with Crippen molar-refractivity contribution in [2.45, 2.75) is 6.92 Å². The van der Waals surface area contributed by atoms with Gasteiger partial charge in [-0.05, 0) is 42.8 Å². The predicted octanol–water partition coefficient (Wildman–Crippen LogP) is 3.23. The van der Waals surface area contributed by atoms with E-state index in [-0.39, 0.29) is 12.4 Å². The van der Waals surface area contributed by atoms with Gasteiger partial charge in [0.15, 0.2) is 12.4 Å². The molecular formula is C18H15ClN2O4. The maximum absolute atomic E-state index is 12.0. The van der Waals surface area contributed by atoms with Gasteiger partial charge in [-0.25, -0.2) is 0 Å². The van der Waals surface area contributed by atoms with E-state index in [9.17, 15) is 9.59 Å². The van der Waals surface area contributed by atoms with Crippen LogP contribution in [0.25, 0.3) is 11.0 Å². The maximum Gasteiger partial charge on any atom is 0.305 e. The summed E-state index contributed by atoms with van der Waals surface area (Å²) in [7, 11) is 0. The average Bonchev–Trinajstić information content (AvgIpc) is 3.05. The normalized spacial score (nSPS) is 10.5. The number of carbonyl (C=O) groups excluding carboxylic acids is 2. The van der Waals surface area contributed by atoms with Gasteiger partial charge in [-0.2, -0.15) is 0 Å². The smallest absolute Gasteiger partial charge is 0.305 e. The second-order valence-electron chi connectivity index (χ2n) is 5.35. The van der Waals surface area contributed by atoms with E-state index in [2.05, 4.69) is 10.9 Å². The van der Waals surface area contributed by atoms with E-state index in [1.54, 1.807) is 30.3 Å². The molecule has 2 aromatic carbocycles. The minimum atomic E-state index is -0.549. The van der Waals surface area contributed by atoms with Gasteiger partial charge in [0, 0.05) is 10.4 Å². The molecule has 1 aromatic heterocycles. The Morgan fingerprint density at radius 2 is 1.92 bits per heavy atom. The number of amides is 2. The lowest BCUT2D eigenvalue weighted by Crippen LogP contribution is -2.43. The van der Waals surface area contributed by atoms with E-state index in [1.165, 1.54) is 0 Å². The third kappa shape index (κ3) is 4.10. The van der Waals surface area contributed by atoms with Crippen LogP contribution in [0.3, 0.4) is 0 Å². The first kappa shape index (κ1) is 16.9. The lowest BCUT2D eigenvalue weighted by Gasteiger charge is -2.09. The summed E-state index contributed by atoms with van der Waals surface area (Å²) in [6.45, 7) is 1.59. The fourth-order valence-electron chi connectivity index (χ4n) is 2.17. The van der Waals surface area contributed by atoms with Crippen molar-refractivity contribution in [2.75, 3.05) is 6.61 Å². The first-order chi connectivity index (χ1) is 12.0. The van der Waals surface area contributed by atoms with Crippen molar-refractivity contribution < 1.29 is 18.7 Å². The van der Waals surface area contributed by atoms with Gasteiger partial charge >= 0.3 is 5.91 Å². The van der Waals surface area contributed by atoms with Crippen LogP contribution in [0.1, 0.15) is 16.1 Å². The van der Waals surface area contributed by atoms with Crippen molar-refractivity contribution in [3.63, 3.8) is 0 Å². The molecule has 3 rings (SSSR count). The molecule has 1 heterocycles. The van der Waals surface area contributed by atoms with Gasteiger partial charge in [0.1, 0.15) is 11.3 Å². The number of para-hydroxylation sites is 1. The molecule has 25 heavy (non-hydrogen) atoms. The monoisotopic (exact) mass is 358 g/mol. The summed E-state index contributed by atoms with van der Waals surface area (Å²) in [5.41, 5.74) is 6.00. The van der Waals surface area contributed by atoms with Crippen LogP contribution in [0.15, 0.2) is 52.9 Å². The maximum atomic E-state index is 12.0. The molecule has 2 amide bonds. The van der Waals surface area contributed by atoms with E-state index in [4.69, 9.17) is 20.8 Å². The number of nitrogens with one attached hydrogen (secondary N) is 2. The molecule has 6 nitrogen and oxygen atoms in total. The minimum absolute atomic E-state index is 0.107. The molecule has 2 N–H and O–H groups in total. The average molecular weight is 359 g/mol. The number of benzene rings is 2. The Hall–Kier alpha value is -2.99. The summed E-state index contributed by atoms with van der Waals surface area (Å²) in [5, 5.41) is 1.43. The summed E-state index contributed by atoms with van der Waals surface area (Å²) in [4.78, 5) is 23.8. The van der Waals surface area contributed by atoms with Crippen LogP contribution < -0.4 is 15.6 Å². The number of rotatable bonds is 4. The van der Waals surface area contributed by atoms with Crippen molar-refractivity contribution in [1.82, 2.24) is 10.9 Å². The number of furan rings is 1. The van der Waals surface area contributed by atoms with Gasteiger partial charge in [-0.15, -0.1) is 0 Å². The lowest BCUT2D eigenvalue weighted by atomic mass is 10.2. The number of aryl methyl sites for hydroxylation is 1. The molecule has 0 aliphatic rings. The molecule has 0 fully saturated rings. The quantitative estimate of drug-likeness (QED) is 0.702. The van der Waals surface area contributed by atoms with E-state index >= 15 is 0 Å². The number of hydrazine groups is 1.